The molecule has 0 spiro atoms. The summed E-state index contributed by atoms with van der Waals surface area (Å²) in [6, 6.07) is 5.71. The van der Waals surface area contributed by atoms with E-state index in [0.29, 0.717) is 5.82 Å². The van der Waals surface area contributed by atoms with Crippen molar-refractivity contribution in [2.24, 2.45) is 0 Å². The Morgan fingerprint density at radius 2 is 2.27 bits per heavy atom. The van der Waals surface area contributed by atoms with Gasteiger partial charge in [0.25, 0.3) is 0 Å². The predicted octanol–water partition coefficient (Wildman–Crippen LogP) is 1.80. The number of anilines is 1. The number of nitrogens with two attached hydrogens (primary N) is 1. The second-order valence-corrected chi connectivity index (χ2v) is 3.23. The van der Waals surface area contributed by atoms with Crippen molar-refractivity contribution < 1.29 is 4.42 Å². The Bertz CT molecular complexity index is 610. The third-order valence-electron chi connectivity index (χ3n) is 2.31. The number of hydrogen-bond donors (Lipinski definition) is 2. The zero-order valence-electron chi connectivity index (χ0n) is 7.77. The van der Waals surface area contributed by atoms with Gasteiger partial charge in [-0.15, -0.1) is 0 Å². The van der Waals surface area contributed by atoms with Crippen molar-refractivity contribution in [1.82, 2.24) is 15.2 Å². The SMILES string of the molecule is Nc1[nH]ncc1-c1ccc2ocnc2c1. The molecule has 3 rings (SSSR count). The van der Waals surface area contributed by atoms with Gasteiger partial charge in [0.05, 0.1) is 6.20 Å². The van der Waals surface area contributed by atoms with Gasteiger partial charge >= 0.3 is 0 Å². The van der Waals surface area contributed by atoms with Gasteiger partial charge in [-0.2, -0.15) is 5.10 Å². The molecule has 0 saturated carbocycles. The van der Waals surface area contributed by atoms with Gasteiger partial charge in [0, 0.05) is 5.56 Å². The minimum absolute atomic E-state index is 0.554. The molecule has 0 atom stereocenters. The number of aromatic amines is 1. The molecule has 0 radical (unpaired) electrons. The van der Waals surface area contributed by atoms with Crippen LogP contribution in [0.25, 0.3) is 22.2 Å². The largest absolute Gasteiger partial charge is 0.443 e. The molecule has 0 aliphatic heterocycles. The lowest BCUT2D eigenvalue weighted by molar-refractivity contribution is 0.602. The normalized spacial score (nSPS) is 10.9. The maximum atomic E-state index is 5.73. The smallest absolute Gasteiger partial charge is 0.181 e. The van der Waals surface area contributed by atoms with Crippen molar-refractivity contribution in [1.29, 1.82) is 0 Å². The van der Waals surface area contributed by atoms with Gasteiger partial charge in [-0.3, -0.25) is 5.10 Å². The Morgan fingerprint density at radius 1 is 1.33 bits per heavy atom. The number of nitrogens with one attached hydrogen (secondary N) is 1. The first-order valence-electron chi connectivity index (χ1n) is 4.47. The molecule has 3 N–H and O–H groups in total. The van der Waals surface area contributed by atoms with Crippen molar-refractivity contribution in [3.63, 3.8) is 0 Å². The van der Waals surface area contributed by atoms with Crippen LogP contribution >= 0.6 is 0 Å². The monoisotopic (exact) mass is 200 g/mol. The number of hydrogen-bond acceptors (Lipinski definition) is 4. The molecule has 0 amide bonds. The van der Waals surface area contributed by atoms with E-state index in [1.165, 1.54) is 6.39 Å². The number of rotatable bonds is 1. The van der Waals surface area contributed by atoms with Gasteiger partial charge in [-0.25, -0.2) is 4.98 Å². The zero-order chi connectivity index (χ0) is 10.3. The Hall–Kier alpha value is -2.30. The number of nitrogens with zero attached hydrogens (tertiary/aromatic N) is 2. The Kier molecular flexibility index (Phi) is 1.53. The zero-order valence-corrected chi connectivity index (χ0v) is 7.77. The number of nitrogen functional groups attached to an aromatic ring is 1. The summed E-state index contributed by atoms with van der Waals surface area (Å²) in [4.78, 5) is 4.08. The average molecular weight is 200 g/mol. The van der Waals surface area contributed by atoms with E-state index in [2.05, 4.69) is 15.2 Å². The summed E-state index contributed by atoms with van der Waals surface area (Å²) in [6.07, 6.45) is 3.11. The minimum atomic E-state index is 0.554. The molecule has 2 heterocycles. The Morgan fingerprint density at radius 3 is 3.07 bits per heavy atom. The fourth-order valence-corrected chi connectivity index (χ4v) is 1.55. The summed E-state index contributed by atoms with van der Waals surface area (Å²) >= 11 is 0. The standard InChI is InChI=1S/C10H8N4O/c11-10-7(4-13-14-10)6-1-2-9-8(3-6)12-5-15-9/h1-5H,(H3,11,13,14). The highest BCUT2D eigenvalue weighted by molar-refractivity contribution is 5.82. The highest BCUT2D eigenvalue weighted by Gasteiger charge is 2.06. The molecule has 3 aromatic rings. The van der Waals surface area contributed by atoms with Crippen LogP contribution in [0, 0.1) is 0 Å². The highest BCUT2D eigenvalue weighted by atomic mass is 16.3. The molecule has 5 heteroatoms. The lowest BCUT2D eigenvalue weighted by atomic mass is 10.1. The molecule has 74 valence electrons. The van der Waals surface area contributed by atoms with Gasteiger partial charge in [0.15, 0.2) is 12.0 Å². The van der Waals surface area contributed by atoms with Crippen LogP contribution in [0.15, 0.2) is 35.2 Å². The first-order valence-corrected chi connectivity index (χ1v) is 4.47. The number of benzene rings is 1. The van der Waals surface area contributed by atoms with Crippen molar-refractivity contribution in [2.75, 3.05) is 5.73 Å². The number of fused-ring (bicyclic) bond motifs is 1. The number of aromatic nitrogens is 3. The molecular formula is C10H8N4O. The molecule has 1 aromatic carbocycles. The lowest BCUT2D eigenvalue weighted by Crippen LogP contribution is -1.87. The van der Waals surface area contributed by atoms with Crippen molar-refractivity contribution in [3.05, 3.63) is 30.8 Å². The van der Waals surface area contributed by atoms with E-state index < -0.39 is 0 Å². The molecule has 5 nitrogen and oxygen atoms in total. The van der Waals surface area contributed by atoms with E-state index >= 15 is 0 Å². The Balaban J connectivity index is 2.23. The summed E-state index contributed by atoms with van der Waals surface area (Å²) in [5.41, 5.74) is 9.16. The summed E-state index contributed by atoms with van der Waals surface area (Å²) < 4.78 is 5.15. The van der Waals surface area contributed by atoms with E-state index in [1.807, 2.05) is 18.2 Å². The highest BCUT2D eigenvalue weighted by Crippen LogP contribution is 2.26. The first kappa shape index (κ1) is 8.05. The van der Waals surface area contributed by atoms with E-state index in [9.17, 15) is 0 Å². The van der Waals surface area contributed by atoms with Gasteiger partial charge < -0.3 is 10.2 Å². The number of H-pyrrole nitrogens is 1. The van der Waals surface area contributed by atoms with E-state index in [0.717, 1.165) is 22.2 Å². The summed E-state index contributed by atoms with van der Waals surface area (Å²) in [6.45, 7) is 0. The Labute approximate surface area is 84.9 Å². The summed E-state index contributed by atoms with van der Waals surface area (Å²) in [7, 11) is 0. The second-order valence-electron chi connectivity index (χ2n) is 3.23. The van der Waals surface area contributed by atoms with Crippen LogP contribution in [0.4, 0.5) is 5.82 Å². The third kappa shape index (κ3) is 1.17. The molecule has 0 aliphatic carbocycles. The molecule has 0 aliphatic rings. The van der Waals surface area contributed by atoms with Gasteiger partial charge in [-0.05, 0) is 17.7 Å². The molecule has 0 fully saturated rings. The molecule has 0 bridgehead atoms. The maximum Gasteiger partial charge on any atom is 0.181 e. The average Bonchev–Trinajstić information content (AvgIpc) is 2.84. The maximum absolute atomic E-state index is 5.73. The van der Waals surface area contributed by atoms with Gasteiger partial charge in [0.1, 0.15) is 11.3 Å². The van der Waals surface area contributed by atoms with Crippen molar-refractivity contribution in [3.8, 4) is 11.1 Å². The molecule has 0 unspecified atom stereocenters. The minimum Gasteiger partial charge on any atom is -0.443 e. The summed E-state index contributed by atoms with van der Waals surface area (Å²) in [5, 5.41) is 6.56. The van der Waals surface area contributed by atoms with Crippen LogP contribution < -0.4 is 5.73 Å². The fraction of sp³-hybridized carbons (Fsp3) is 0. The third-order valence-corrected chi connectivity index (χ3v) is 2.31. The quantitative estimate of drug-likeness (QED) is 0.627. The van der Waals surface area contributed by atoms with Crippen LogP contribution in [0.1, 0.15) is 0 Å². The lowest BCUT2D eigenvalue weighted by Gasteiger charge is -1.97. The first-order chi connectivity index (χ1) is 7.34. The van der Waals surface area contributed by atoms with E-state index in [4.69, 9.17) is 10.2 Å². The summed E-state index contributed by atoms with van der Waals surface area (Å²) in [5.74, 6) is 0.554. The van der Waals surface area contributed by atoms with E-state index in [-0.39, 0.29) is 0 Å². The topological polar surface area (TPSA) is 80.7 Å². The van der Waals surface area contributed by atoms with Gasteiger partial charge in [0.2, 0.25) is 0 Å². The predicted molar refractivity (Wildman–Crippen MR) is 56.0 cm³/mol. The van der Waals surface area contributed by atoms with E-state index in [1.54, 1.807) is 6.20 Å². The molecular weight excluding hydrogens is 192 g/mol. The van der Waals surface area contributed by atoms with Gasteiger partial charge in [-0.1, -0.05) is 6.07 Å². The second kappa shape index (κ2) is 2.84. The molecule has 0 saturated heterocycles. The van der Waals surface area contributed by atoms with Crippen LogP contribution in [-0.4, -0.2) is 15.2 Å². The number of oxazole rings is 1. The fourth-order valence-electron chi connectivity index (χ4n) is 1.55. The van der Waals surface area contributed by atoms with Crippen LogP contribution in [0.5, 0.6) is 0 Å². The van der Waals surface area contributed by atoms with Crippen molar-refractivity contribution >= 4 is 16.9 Å². The van der Waals surface area contributed by atoms with Crippen LogP contribution in [-0.2, 0) is 0 Å². The van der Waals surface area contributed by atoms with Crippen molar-refractivity contribution in [2.45, 2.75) is 0 Å². The van der Waals surface area contributed by atoms with Crippen LogP contribution in [0.3, 0.4) is 0 Å². The van der Waals surface area contributed by atoms with Crippen LogP contribution in [0.2, 0.25) is 0 Å². The molecule has 15 heavy (non-hydrogen) atoms. The molecule has 2 aromatic heterocycles.